The molecule has 1 atom stereocenters. The molecule has 2 aliphatic heterocycles. The predicted octanol–water partition coefficient (Wildman–Crippen LogP) is 4.27. The molecule has 0 aromatic heterocycles. The Kier molecular flexibility index (Phi) is 6.59. The van der Waals surface area contributed by atoms with Gasteiger partial charge in [0, 0.05) is 12.1 Å². The monoisotopic (exact) mass is 503 g/mol. The molecule has 0 aliphatic carbocycles. The lowest BCUT2D eigenvalue weighted by molar-refractivity contribution is -0.128. The molecule has 9 nitrogen and oxygen atoms in total. The zero-order chi connectivity index (χ0) is 25.1. The molecule has 0 saturated carbocycles. The molecular formula is C26H21N3O6S. The topological polar surface area (TPSA) is 118 Å². The number of para-hydroxylation sites is 1. The number of carboxylic acids is 1. The van der Waals surface area contributed by atoms with Gasteiger partial charge in [0.1, 0.15) is 5.25 Å². The van der Waals surface area contributed by atoms with Gasteiger partial charge in [-0.25, -0.2) is 9.79 Å². The van der Waals surface area contributed by atoms with Crippen LogP contribution >= 0.6 is 11.8 Å². The van der Waals surface area contributed by atoms with Crippen LogP contribution < -0.4 is 14.8 Å². The van der Waals surface area contributed by atoms with Crippen LogP contribution in [0.1, 0.15) is 22.3 Å². The Bertz CT molecular complexity index is 1340. The van der Waals surface area contributed by atoms with Crippen LogP contribution in [0.4, 0.5) is 11.4 Å². The number of amides is 2. The van der Waals surface area contributed by atoms with Crippen LogP contribution in [0.15, 0.2) is 77.8 Å². The number of aromatic carboxylic acids is 1. The molecule has 2 amide bonds. The van der Waals surface area contributed by atoms with Crippen molar-refractivity contribution in [3.63, 3.8) is 0 Å². The maximum Gasteiger partial charge on any atom is 0.335 e. The van der Waals surface area contributed by atoms with E-state index in [1.807, 2.05) is 42.5 Å². The molecule has 182 valence electrons. The Labute approximate surface area is 210 Å². The number of rotatable bonds is 7. The maximum absolute atomic E-state index is 13.4. The van der Waals surface area contributed by atoms with Gasteiger partial charge in [0.2, 0.25) is 18.6 Å². The van der Waals surface area contributed by atoms with Crippen LogP contribution in [-0.4, -0.2) is 45.0 Å². The maximum atomic E-state index is 13.4. The first kappa shape index (κ1) is 23.4. The number of amidine groups is 1. The lowest BCUT2D eigenvalue weighted by atomic mass is 10.1. The van der Waals surface area contributed by atoms with Crippen molar-refractivity contribution in [2.75, 3.05) is 12.1 Å². The minimum Gasteiger partial charge on any atom is -0.478 e. The van der Waals surface area contributed by atoms with E-state index in [0.29, 0.717) is 28.0 Å². The first-order valence-electron chi connectivity index (χ1n) is 11.1. The van der Waals surface area contributed by atoms with Crippen molar-refractivity contribution in [3.8, 4) is 11.5 Å². The van der Waals surface area contributed by atoms with E-state index in [0.717, 1.165) is 5.56 Å². The van der Waals surface area contributed by atoms with Crippen LogP contribution in [0, 0.1) is 0 Å². The smallest absolute Gasteiger partial charge is 0.335 e. The fourth-order valence-corrected chi connectivity index (χ4v) is 4.94. The summed E-state index contributed by atoms with van der Waals surface area (Å²) in [6.45, 7) is 0.428. The molecule has 3 aromatic carbocycles. The van der Waals surface area contributed by atoms with E-state index in [4.69, 9.17) is 14.6 Å². The zero-order valence-electron chi connectivity index (χ0n) is 18.9. The van der Waals surface area contributed by atoms with E-state index in [1.54, 1.807) is 11.0 Å². The Hall–Kier alpha value is -4.31. The summed E-state index contributed by atoms with van der Waals surface area (Å²) < 4.78 is 10.8. The van der Waals surface area contributed by atoms with Gasteiger partial charge in [-0.15, -0.1) is 0 Å². The molecular weight excluding hydrogens is 482 g/mol. The third-order valence-electron chi connectivity index (χ3n) is 5.57. The number of aliphatic imine (C=N–C) groups is 1. The van der Waals surface area contributed by atoms with Crippen LogP contribution in [0.3, 0.4) is 0 Å². The number of nitrogens with one attached hydrogen (secondary N) is 1. The average molecular weight is 504 g/mol. The summed E-state index contributed by atoms with van der Waals surface area (Å²) in [5.41, 5.74) is 2.12. The molecule has 2 N–H and O–H groups in total. The standard InChI is InChI=1S/C26H21N3O6S/c30-23(27-19-9-7-17(8-10-19)25(32)33)13-22-24(31)29(26(36-22)28-18-4-2-1-3-5-18)14-16-6-11-20-21(12-16)35-15-34-20/h1-12,22H,13-15H2,(H,27,30)(H,32,33)/t22-/m0/s1. The van der Waals surface area contributed by atoms with Gasteiger partial charge < -0.3 is 19.9 Å². The molecule has 5 rings (SSSR count). The number of ether oxygens (including phenoxy) is 2. The highest BCUT2D eigenvalue weighted by molar-refractivity contribution is 8.15. The molecule has 36 heavy (non-hydrogen) atoms. The molecule has 3 aromatic rings. The van der Waals surface area contributed by atoms with Gasteiger partial charge in [0.05, 0.1) is 17.8 Å². The van der Waals surface area contributed by atoms with Crippen LogP contribution in [-0.2, 0) is 16.1 Å². The molecule has 1 saturated heterocycles. The molecule has 0 radical (unpaired) electrons. The van der Waals surface area contributed by atoms with Gasteiger partial charge in [-0.2, -0.15) is 0 Å². The van der Waals surface area contributed by atoms with Crippen LogP contribution in [0.2, 0.25) is 0 Å². The van der Waals surface area contributed by atoms with E-state index < -0.39 is 11.2 Å². The van der Waals surface area contributed by atoms with E-state index in [2.05, 4.69) is 10.3 Å². The second kappa shape index (κ2) is 10.1. The summed E-state index contributed by atoms with van der Waals surface area (Å²) in [7, 11) is 0. The quantitative estimate of drug-likeness (QED) is 0.494. The fraction of sp³-hybridized carbons (Fsp3) is 0.154. The van der Waals surface area contributed by atoms with E-state index in [1.165, 1.54) is 36.0 Å². The second-order valence-corrected chi connectivity index (χ2v) is 9.25. The SMILES string of the molecule is O=C(C[C@@H]1SC(=Nc2ccccc2)N(Cc2ccc3c(c2)OCO3)C1=O)Nc1ccc(C(=O)O)cc1. The normalized spacial score (nSPS) is 17.4. The summed E-state index contributed by atoms with van der Waals surface area (Å²) in [5, 5.41) is 11.6. The number of carbonyl (C=O) groups excluding carboxylic acids is 2. The zero-order valence-corrected chi connectivity index (χ0v) is 19.7. The van der Waals surface area contributed by atoms with Crippen LogP contribution in [0.25, 0.3) is 0 Å². The highest BCUT2D eigenvalue weighted by Crippen LogP contribution is 2.36. The number of thioether (sulfide) groups is 1. The van der Waals surface area contributed by atoms with Gasteiger partial charge in [-0.05, 0) is 54.1 Å². The first-order chi connectivity index (χ1) is 17.5. The number of carboxylic acid groups (broad SMARTS) is 1. The largest absolute Gasteiger partial charge is 0.478 e. The average Bonchev–Trinajstić information content (AvgIpc) is 3.45. The minimum absolute atomic E-state index is 0.0599. The van der Waals surface area contributed by atoms with Gasteiger partial charge in [-0.1, -0.05) is 36.0 Å². The van der Waals surface area contributed by atoms with Gasteiger partial charge in [0.25, 0.3) is 0 Å². The number of nitrogens with zero attached hydrogens (tertiary/aromatic N) is 2. The molecule has 0 spiro atoms. The number of hydrogen-bond donors (Lipinski definition) is 2. The second-order valence-electron chi connectivity index (χ2n) is 8.08. The molecule has 1 fully saturated rings. The Morgan fingerprint density at radius 3 is 2.53 bits per heavy atom. The Morgan fingerprint density at radius 1 is 1.03 bits per heavy atom. The molecule has 2 heterocycles. The number of benzene rings is 3. The van der Waals surface area contributed by atoms with E-state index in [-0.39, 0.29) is 37.1 Å². The number of carbonyl (C=O) groups is 3. The Morgan fingerprint density at radius 2 is 1.78 bits per heavy atom. The summed E-state index contributed by atoms with van der Waals surface area (Å²) in [5.74, 6) is -0.339. The summed E-state index contributed by atoms with van der Waals surface area (Å²) in [4.78, 5) is 43.4. The number of anilines is 1. The Balaban J connectivity index is 1.33. The molecule has 0 bridgehead atoms. The van der Waals surface area contributed by atoms with Crippen molar-refractivity contribution < 1.29 is 29.0 Å². The van der Waals surface area contributed by atoms with Gasteiger partial charge in [-0.3, -0.25) is 14.5 Å². The molecule has 2 aliphatic rings. The number of hydrogen-bond acceptors (Lipinski definition) is 7. The van der Waals surface area contributed by atoms with Crippen molar-refractivity contribution in [3.05, 3.63) is 83.9 Å². The highest BCUT2D eigenvalue weighted by Gasteiger charge is 2.39. The predicted molar refractivity (Wildman–Crippen MR) is 135 cm³/mol. The summed E-state index contributed by atoms with van der Waals surface area (Å²) >= 11 is 1.24. The van der Waals surface area contributed by atoms with E-state index >= 15 is 0 Å². The lowest BCUT2D eigenvalue weighted by Crippen LogP contribution is -2.33. The van der Waals surface area contributed by atoms with Crippen molar-refractivity contribution in [1.29, 1.82) is 0 Å². The van der Waals surface area contributed by atoms with Crippen molar-refractivity contribution in [2.24, 2.45) is 4.99 Å². The van der Waals surface area contributed by atoms with Gasteiger partial charge >= 0.3 is 5.97 Å². The molecule has 0 unspecified atom stereocenters. The summed E-state index contributed by atoms with van der Waals surface area (Å²) in [6, 6.07) is 20.7. The molecule has 10 heteroatoms. The summed E-state index contributed by atoms with van der Waals surface area (Å²) in [6.07, 6.45) is -0.0599. The van der Waals surface area contributed by atoms with E-state index in [9.17, 15) is 14.4 Å². The van der Waals surface area contributed by atoms with Crippen molar-refractivity contribution >= 4 is 46.1 Å². The van der Waals surface area contributed by atoms with Crippen LogP contribution in [0.5, 0.6) is 11.5 Å². The van der Waals surface area contributed by atoms with Crippen molar-refractivity contribution in [1.82, 2.24) is 4.90 Å². The third kappa shape index (κ3) is 5.18. The number of fused-ring (bicyclic) bond motifs is 1. The lowest BCUT2D eigenvalue weighted by Gasteiger charge is -2.17. The van der Waals surface area contributed by atoms with Crippen molar-refractivity contribution in [2.45, 2.75) is 18.2 Å². The first-order valence-corrected chi connectivity index (χ1v) is 12.0. The van der Waals surface area contributed by atoms with Gasteiger partial charge in [0.15, 0.2) is 16.7 Å². The fourth-order valence-electron chi connectivity index (χ4n) is 3.78. The third-order valence-corrected chi connectivity index (χ3v) is 6.74. The minimum atomic E-state index is -1.05. The highest BCUT2D eigenvalue weighted by atomic mass is 32.2.